The zero-order valence-corrected chi connectivity index (χ0v) is 9.81. The number of amides is 1. The molecule has 3 rings (SSSR count). The van der Waals surface area contributed by atoms with E-state index in [4.69, 9.17) is 0 Å². The van der Waals surface area contributed by atoms with Gasteiger partial charge in [-0.2, -0.15) is 5.10 Å². The quantitative estimate of drug-likeness (QED) is 0.813. The van der Waals surface area contributed by atoms with Gasteiger partial charge in [-0.1, -0.05) is 25.1 Å². The molecule has 0 aliphatic carbocycles. The molecule has 2 heterocycles. The highest BCUT2D eigenvalue weighted by Crippen LogP contribution is 2.21. The fourth-order valence-electron chi connectivity index (χ4n) is 2.40. The molecule has 2 aromatic rings. The molecule has 1 aliphatic rings. The third-order valence-corrected chi connectivity index (χ3v) is 3.38. The maximum absolute atomic E-state index is 12.3. The Hall–Kier alpha value is -1.84. The van der Waals surface area contributed by atoms with Crippen LogP contribution in [0.15, 0.2) is 24.3 Å². The van der Waals surface area contributed by atoms with E-state index in [2.05, 4.69) is 17.1 Å². The molecule has 1 aromatic carbocycles. The number of H-pyrrole nitrogens is 1. The van der Waals surface area contributed by atoms with Crippen molar-refractivity contribution in [3.8, 4) is 0 Å². The van der Waals surface area contributed by atoms with Crippen molar-refractivity contribution in [2.24, 2.45) is 5.92 Å². The summed E-state index contributed by atoms with van der Waals surface area (Å²) in [5.74, 6) is 0.649. The van der Waals surface area contributed by atoms with Crippen LogP contribution in [0.2, 0.25) is 0 Å². The van der Waals surface area contributed by atoms with E-state index in [1.54, 1.807) is 0 Å². The van der Waals surface area contributed by atoms with Gasteiger partial charge < -0.3 is 4.90 Å². The second-order valence-electron chi connectivity index (χ2n) is 4.76. The first-order valence-corrected chi connectivity index (χ1v) is 5.98. The van der Waals surface area contributed by atoms with Gasteiger partial charge in [-0.15, -0.1) is 0 Å². The summed E-state index contributed by atoms with van der Waals surface area (Å²) >= 11 is 0. The van der Waals surface area contributed by atoms with Crippen molar-refractivity contribution in [1.82, 2.24) is 15.1 Å². The average Bonchev–Trinajstić information content (AvgIpc) is 2.94. The molecular weight excluding hydrogens is 214 g/mol. The van der Waals surface area contributed by atoms with E-state index in [1.165, 1.54) is 0 Å². The predicted molar refractivity (Wildman–Crippen MR) is 65.8 cm³/mol. The zero-order chi connectivity index (χ0) is 11.8. The molecule has 0 radical (unpaired) electrons. The van der Waals surface area contributed by atoms with E-state index in [9.17, 15) is 4.79 Å². The van der Waals surface area contributed by atoms with Crippen LogP contribution in [0.5, 0.6) is 0 Å². The number of aromatic nitrogens is 2. The molecule has 1 atom stereocenters. The highest BCUT2D eigenvalue weighted by atomic mass is 16.2. The summed E-state index contributed by atoms with van der Waals surface area (Å²) in [6.07, 6.45) is 1.09. The lowest BCUT2D eigenvalue weighted by molar-refractivity contribution is 0.0784. The third-order valence-electron chi connectivity index (χ3n) is 3.38. The molecular formula is C13H15N3O. The molecule has 4 nitrogen and oxygen atoms in total. The van der Waals surface area contributed by atoms with Crippen LogP contribution in [-0.2, 0) is 0 Å². The summed E-state index contributed by atoms with van der Waals surface area (Å²) < 4.78 is 0. The van der Waals surface area contributed by atoms with Gasteiger partial charge in [0.15, 0.2) is 5.69 Å². The molecule has 0 saturated carbocycles. The fourth-order valence-corrected chi connectivity index (χ4v) is 2.40. The summed E-state index contributed by atoms with van der Waals surface area (Å²) in [5, 5.41) is 7.97. The van der Waals surface area contributed by atoms with Crippen molar-refractivity contribution >= 4 is 16.8 Å². The SMILES string of the molecule is C[C@@H]1CCN(C(=O)c2n[nH]c3ccccc23)C1. The lowest BCUT2D eigenvalue weighted by Crippen LogP contribution is -2.28. The average molecular weight is 229 g/mol. The first kappa shape index (κ1) is 10.3. The highest BCUT2D eigenvalue weighted by molar-refractivity contribution is 6.04. The highest BCUT2D eigenvalue weighted by Gasteiger charge is 2.26. The van der Waals surface area contributed by atoms with Gasteiger partial charge in [0, 0.05) is 18.5 Å². The van der Waals surface area contributed by atoms with Crippen molar-refractivity contribution < 1.29 is 4.79 Å². The Labute approximate surface area is 99.6 Å². The van der Waals surface area contributed by atoms with Crippen molar-refractivity contribution in [3.63, 3.8) is 0 Å². The van der Waals surface area contributed by atoms with Gasteiger partial charge in [0.1, 0.15) is 0 Å². The summed E-state index contributed by atoms with van der Waals surface area (Å²) in [6.45, 7) is 3.87. The van der Waals surface area contributed by atoms with Gasteiger partial charge in [-0.05, 0) is 18.4 Å². The van der Waals surface area contributed by atoms with Crippen LogP contribution in [0, 0.1) is 5.92 Å². The first-order chi connectivity index (χ1) is 8.25. The van der Waals surface area contributed by atoms with Crippen LogP contribution in [0.25, 0.3) is 10.9 Å². The monoisotopic (exact) mass is 229 g/mol. The summed E-state index contributed by atoms with van der Waals surface area (Å²) in [4.78, 5) is 14.2. The maximum atomic E-state index is 12.3. The molecule has 1 saturated heterocycles. The van der Waals surface area contributed by atoms with Crippen LogP contribution < -0.4 is 0 Å². The van der Waals surface area contributed by atoms with Crippen LogP contribution in [0.4, 0.5) is 0 Å². The van der Waals surface area contributed by atoms with Gasteiger partial charge in [0.25, 0.3) is 5.91 Å². The molecule has 1 aliphatic heterocycles. The van der Waals surface area contributed by atoms with Crippen LogP contribution in [-0.4, -0.2) is 34.1 Å². The molecule has 0 bridgehead atoms. The predicted octanol–water partition coefficient (Wildman–Crippen LogP) is 2.04. The van der Waals surface area contributed by atoms with Gasteiger partial charge >= 0.3 is 0 Å². The van der Waals surface area contributed by atoms with Crippen molar-refractivity contribution in [3.05, 3.63) is 30.0 Å². The Morgan fingerprint density at radius 1 is 1.47 bits per heavy atom. The third kappa shape index (κ3) is 1.69. The number of nitrogens with zero attached hydrogens (tertiary/aromatic N) is 2. The summed E-state index contributed by atoms with van der Waals surface area (Å²) in [5.41, 5.74) is 1.47. The Morgan fingerprint density at radius 2 is 2.29 bits per heavy atom. The Morgan fingerprint density at radius 3 is 3.06 bits per heavy atom. The van der Waals surface area contributed by atoms with Crippen molar-refractivity contribution in [2.75, 3.05) is 13.1 Å². The number of carbonyl (C=O) groups excluding carboxylic acids is 1. The number of nitrogens with one attached hydrogen (secondary N) is 1. The molecule has 0 unspecified atom stereocenters. The molecule has 0 spiro atoms. The van der Waals surface area contributed by atoms with E-state index < -0.39 is 0 Å². The van der Waals surface area contributed by atoms with Gasteiger partial charge in [0.05, 0.1) is 5.52 Å². The molecule has 1 N–H and O–H groups in total. The van der Waals surface area contributed by atoms with Crippen molar-refractivity contribution in [2.45, 2.75) is 13.3 Å². The smallest absolute Gasteiger partial charge is 0.275 e. The number of fused-ring (bicyclic) bond motifs is 1. The lowest BCUT2D eigenvalue weighted by atomic mass is 10.2. The van der Waals surface area contributed by atoms with E-state index in [1.807, 2.05) is 29.2 Å². The molecule has 1 fully saturated rings. The topological polar surface area (TPSA) is 49.0 Å². The molecule has 1 amide bonds. The van der Waals surface area contributed by atoms with Crippen LogP contribution in [0.1, 0.15) is 23.8 Å². The first-order valence-electron chi connectivity index (χ1n) is 5.98. The minimum atomic E-state index is 0.0480. The number of aromatic amines is 1. The molecule has 4 heteroatoms. The second kappa shape index (κ2) is 3.87. The molecule has 88 valence electrons. The number of hydrogen-bond donors (Lipinski definition) is 1. The minimum absolute atomic E-state index is 0.0480. The normalized spacial score (nSPS) is 20.1. The van der Waals surface area contributed by atoms with E-state index >= 15 is 0 Å². The minimum Gasteiger partial charge on any atom is -0.337 e. The molecule has 1 aromatic heterocycles. The zero-order valence-electron chi connectivity index (χ0n) is 9.81. The summed E-state index contributed by atoms with van der Waals surface area (Å²) in [6, 6.07) is 7.74. The Bertz CT molecular complexity index is 561. The number of hydrogen-bond acceptors (Lipinski definition) is 2. The lowest BCUT2D eigenvalue weighted by Gasteiger charge is -2.14. The van der Waals surface area contributed by atoms with E-state index in [0.29, 0.717) is 11.6 Å². The number of likely N-dealkylation sites (tertiary alicyclic amines) is 1. The summed E-state index contributed by atoms with van der Waals surface area (Å²) in [7, 11) is 0. The largest absolute Gasteiger partial charge is 0.337 e. The maximum Gasteiger partial charge on any atom is 0.275 e. The number of rotatable bonds is 1. The van der Waals surface area contributed by atoms with Gasteiger partial charge in [-0.25, -0.2) is 0 Å². The fraction of sp³-hybridized carbons (Fsp3) is 0.385. The second-order valence-corrected chi connectivity index (χ2v) is 4.76. The van der Waals surface area contributed by atoms with Crippen LogP contribution >= 0.6 is 0 Å². The number of para-hydroxylation sites is 1. The van der Waals surface area contributed by atoms with Crippen LogP contribution in [0.3, 0.4) is 0 Å². The van der Waals surface area contributed by atoms with E-state index in [0.717, 1.165) is 30.4 Å². The number of benzene rings is 1. The Kier molecular flexibility index (Phi) is 2.35. The van der Waals surface area contributed by atoms with Gasteiger partial charge in [0.2, 0.25) is 0 Å². The van der Waals surface area contributed by atoms with Crippen molar-refractivity contribution in [1.29, 1.82) is 0 Å². The van der Waals surface area contributed by atoms with Gasteiger partial charge in [-0.3, -0.25) is 9.89 Å². The number of carbonyl (C=O) groups is 1. The molecule has 17 heavy (non-hydrogen) atoms. The van der Waals surface area contributed by atoms with E-state index in [-0.39, 0.29) is 5.91 Å². The standard InChI is InChI=1S/C13H15N3O/c1-9-6-7-16(8-9)13(17)12-10-4-2-3-5-11(10)14-15-12/h2-5,9H,6-8H2,1H3,(H,14,15)/t9-/m1/s1. The Balaban J connectivity index is 1.96.